The maximum Gasteiger partial charge on any atom is 0.416 e. The summed E-state index contributed by atoms with van der Waals surface area (Å²) in [5.41, 5.74) is -0.352. The highest BCUT2D eigenvalue weighted by Gasteiger charge is 2.30. The number of halogens is 3. The maximum atomic E-state index is 12.6. The van der Waals surface area contributed by atoms with E-state index in [1.54, 1.807) is 0 Å². The molecule has 0 spiro atoms. The van der Waals surface area contributed by atoms with E-state index >= 15 is 0 Å². The fourth-order valence-corrected chi connectivity index (χ4v) is 1.48. The van der Waals surface area contributed by atoms with Crippen molar-refractivity contribution in [2.24, 2.45) is 0 Å². The molecule has 0 saturated heterocycles. The molecule has 5 nitrogen and oxygen atoms in total. The van der Waals surface area contributed by atoms with E-state index in [9.17, 15) is 18.0 Å². The normalized spacial score (nSPS) is 12.2. The highest BCUT2D eigenvalue weighted by atomic mass is 19.4. The van der Waals surface area contributed by atoms with Crippen molar-refractivity contribution in [3.63, 3.8) is 0 Å². The highest BCUT2D eigenvalue weighted by Crippen LogP contribution is 2.31. The Balaban J connectivity index is 2.49. The molecular weight excluding hydrogens is 263 g/mol. The van der Waals surface area contributed by atoms with Crippen LogP contribution in [0.5, 0.6) is 0 Å². The summed E-state index contributed by atoms with van der Waals surface area (Å²) in [4.78, 5) is 10.5. The lowest BCUT2D eigenvalue weighted by Gasteiger charge is -2.14. The van der Waals surface area contributed by atoms with Crippen LogP contribution in [0.3, 0.4) is 0 Å². The standard InChI is InChI=1S/C11H8F3N3O2/c12-11(13,14)8-2-3-9(17-6-15-16-17)7(5-8)1-4-10(18)19/h1-6,16H,(H,18,19)/b4-1+. The number of carboxylic acids is 1. The van der Waals surface area contributed by atoms with Crippen molar-refractivity contribution in [1.29, 1.82) is 0 Å². The number of aliphatic carboxylic acids is 1. The molecule has 0 radical (unpaired) electrons. The van der Waals surface area contributed by atoms with Gasteiger partial charge in [-0.1, -0.05) is 0 Å². The van der Waals surface area contributed by atoms with Crippen LogP contribution in [0, 0.1) is 0 Å². The fraction of sp³-hybridized carbons (Fsp3) is 0.0909. The topological polar surface area (TPSA) is 70.9 Å². The van der Waals surface area contributed by atoms with Gasteiger partial charge in [-0.05, 0) is 24.3 Å². The van der Waals surface area contributed by atoms with Crippen molar-refractivity contribution in [2.45, 2.75) is 6.18 Å². The summed E-state index contributed by atoms with van der Waals surface area (Å²) in [6.45, 7) is 0. The fourth-order valence-electron chi connectivity index (χ4n) is 1.48. The van der Waals surface area contributed by atoms with Gasteiger partial charge in [-0.15, -0.1) is 5.10 Å². The Morgan fingerprint density at radius 1 is 1.42 bits per heavy atom. The molecule has 0 aliphatic carbocycles. The van der Waals surface area contributed by atoms with Crippen LogP contribution < -0.4 is 0 Å². The number of hydrogen-bond acceptors (Lipinski definition) is 2. The number of nitrogens with zero attached hydrogens (tertiary/aromatic N) is 2. The van der Waals surface area contributed by atoms with Gasteiger partial charge in [0.25, 0.3) is 0 Å². The first-order valence-corrected chi connectivity index (χ1v) is 5.08. The third-order valence-corrected chi connectivity index (χ3v) is 2.36. The number of aromatic amines is 1. The van der Waals surface area contributed by atoms with E-state index in [-0.39, 0.29) is 5.56 Å². The summed E-state index contributed by atoms with van der Waals surface area (Å²) in [5, 5.41) is 14.6. The Morgan fingerprint density at radius 3 is 2.58 bits per heavy atom. The van der Waals surface area contributed by atoms with Crippen LogP contribution in [-0.4, -0.2) is 26.1 Å². The number of carbonyl (C=O) groups is 1. The van der Waals surface area contributed by atoms with Gasteiger partial charge in [0, 0.05) is 11.6 Å². The number of benzene rings is 1. The number of aromatic nitrogens is 3. The van der Waals surface area contributed by atoms with Crippen LogP contribution in [0.15, 0.2) is 30.6 Å². The molecule has 0 atom stereocenters. The van der Waals surface area contributed by atoms with Crippen molar-refractivity contribution < 1.29 is 23.1 Å². The van der Waals surface area contributed by atoms with Gasteiger partial charge < -0.3 is 5.11 Å². The average molecular weight is 271 g/mol. The van der Waals surface area contributed by atoms with E-state index in [1.807, 2.05) is 0 Å². The third kappa shape index (κ3) is 2.84. The molecule has 2 aromatic rings. The number of hydrogen-bond donors (Lipinski definition) is 2. The molecule has 8 heteroatoms. The Kier molecular flexibility index (Phi) is 3.16. The van der Waals surface area contributed by atoms with Crippen molar-refractivity contribution in [1.82, 2.24) is 15.0 Å². The average Bonchev–Trinajstić information content (AvgIpc) is 2.23. The monoisotopic (exact) mass is 271 g/mol. The second kappa shape index (κ2) is 4.63. The Bertz CT molecular complexity index is 616. The first-order valence-electron chi connectivity index (χ1n) is 5.08. The Morgan fingerprint density at radius 2 is 2.11 bits per heavy atom. The zero-order valence-corrected chi connectivity index (χ0v) is 9.35. The van der Waals surface area contributed by atoms with E-state index in [1.165, 1.54) is 17.1 Å². The minimum atomic E-state index is -4.49. The van der Waals surface area contributed by atoms with Crippen LogP contribution in [0.1, 0.15) is 11.1 Å². The lowest BCUT2D eigenvalue weighted by Crippen LogP contribution is -2.11. The van der Waals surface area contributed by atoms with Crippen LogP contribution in [0.2, 0.25) is 0 Å². The van der Waals surface area contributed by atoms with Crippen molar-refractivity contribution in [3.05, 3.63) is 41.7 Å². The number of H-pyrrole nitrogens is 1. The summed E-state index contributed by atoms with van der Waals surface area (Å²) >= 11 is 0. The summed E-state index contributed by atoms with van der Waals surface area (Å²) < 4.78 is 39.2. The zero-order valence-electron chi connectivity index (χ0n) is 9.35. The summed E-state index contributed by atoms with van der Waals surface area (Å²) in [6, 6.07) is 3.03. The summed E-state index contributed by atoms with van der Waals surface area (Å²) in [6.07, 6.45) is -1.25. The summed E-state index contributed by atoms with van der Waals surface area (Å²) in [7, 11) is 0. The molecule has 0 bridgehead atoms. The maximum absolute atomic E-state index is 12.6. The van der Waals surface area contributed by atoms with Gasteiger partial charge in [-0.3, -0.25) is 0 Å². The molecule has 1 aromatic heterocycles. The first kappa shape index (κ1) is 12.9. The van der Waals surface area contributed by atoms with Gasteiger partial charge in [-0.2, -0.15) is 13.2 Å². The molecule has 0 aliphatic rings. The van der Waals surface area contributed by atoms with Gasteiger partial charge >= 0.3 is 12.1 Å². The quantitative estimate of drug-likeness (QED) is 0.841. The zero-order chi connectivity index (χ0) is 14.0. The van der Waals surface area contributed by atoms with Crippen molar-refractivity contribution >= 4 is 12.0 Å². The van der Waals surface area contributed by atoms with Crippen LogP contribution in [-0.2, 0) is 11.0 Å². The van der Waals surface area contributed by atoms with Crippen LogP contribution >= 0.6 is 0 Å². The second-order valence-electron chi connectivity index (χ2n) is 3.66. The van der Waals surface area contributed by atoms with E-state index in [4.69, 9.17) is 5.11 Å². The molecule has 1 heterocycles. The Hall–Kier alpha value is -2.51. The van der Waals surface area contributed by atoms with Crippen LogP contribution in [0.25, 0.3) is 11.8 Å². The third-order valence-electron chi connectivity index (χ3n) is 2.36. The molecule has 0 fully saturated rings. The van der Waals surface area contributed by atoms with Gasteiger partial charge in [-0.25, -0.2) is 14.7 Å². The molecule has 19 heavy (non-hydrogen) atoms. The summed E-state index contributed by atoms with van der Waals surface area (Å²) in [5.74, 6) is -1.24. The minimum absolute atomic E-state index is 0.121. The lowest BCUT2D eigenvalue weighted by atomic mass is 10.1. The second-order valence-corrected chi connectivity index (χ2v) is 3.66. The Labute approximate surface area is 104 Å². The predicted molar refractivity (Wildman–Crippen MR) is 59.6 cm³/mol. The number of carboxylic acid groups (broad SMARTS) is 1. The molecular formula is C11H8F3N3O2. The molecule has 2 rings (SSSR count). The van der Waals surface area contributed by atoms with Crippen LogP contribution in [0.4, 0.5) is 13.2 Å². The first-order chi connectivity index (χ1) is 8.88. The number of nitrogens with one attached hydrogen (secondary N) is 1. The SMILES string of the molecule is O=C(O)/C=C/c1cc(C(F)(F)F)ccc1-n1cn[nH]1. The number of rotatable bonds is 3. The molecule has 0 aliphatic heterocycles. The predicted octanol–water partition coefficient (Wildman–Crippen LogP) is 2.32. The minimum Gasteiger partial charge on any atom is -0.478 e. The van der Waals surface area contributed by atoms with Gasteiger partial charge in [0.05, 0.1) is 11.3 Å². The molecule has 1 aromatic carbocycles. The van der Waals surface area contributed by atoms with E-state index in [0.717, 1.165) is 24.3 Å². The highest BCUT2D eigenvalue weighted by molar-refractivity contribution is 5.86. The van der Waals surface area contributed by atoms with Gasteiger partial charge in [0.15, 0.2) is 0 Å². The molecule has 0 amide bonds. The van der Waals surface area contributed by atoms with Gasteiger partial charge in [0.1, 0.15) is 6.33 Å². The number of alkyl halides is 3. The lowest BCUT2D eigenvalue weighted by molar-refractivity contribution is -0.137. The van der Waals surface area contributed by atoms with E-state index < -0.39 is 17.7 Å². The molecule has 100 valence electrons. The van der Waals surface area contributed by atoms with E-state index in [2.05, 4.69) is 10.3 Å². The molecule has 0 unspecified atom stereocenters. The molecule has 2 N–H and O–H groups in total. The van der Waals surface area contributed by atoms with Crippen molar-refractivity contribution in [2.75, 3.05) is 0 Å². The smallest absolute Gasteiger partial charge is 0.416 e. The largest absolute Gasteiger partial charge is 0.478 e. The molecule has 0 saturated carbocycles. The van der Waals surface area contributed by atoms with Gasteiger partial charge in [0.2, 0.25) is 0 Å². The van der Waals surface area contributed by atoms with E-state index in [0.29, 0.717) is 5.69 Å². The van der Waals surface area contributed by atoms with Crippen molar-refractivity contribution in [3.8, 4) is 5.69 Å².